The second kappa shape index (κ2) is 6.85. The third-order valence-electron chi connectivity index (χ3n) is 3.53. The lowest BCUT2D eigenvalue weighted by Gasteiger charge is -2.09. The molecule has 0 aliphatic rings. The van der Waals surface area contributed by atoms with E-state index < -0.39 is 0 Å². The topological polar surface area (TPSA) is 25.2 Å². The lowest BCUT2D eigenvalue weighted by Crippen LogP contribution is -2.19. The Labute approximate surface area is 132 Å². The molecular weight excluding hydrogens is 282 g/mol. The first kappa shape index (κ1) is 16.4. The number of furan rings is 1. The molecular formula is C18H26ClNO. The highest BCUT2D eigenvalue weighted by atomic mass is 35.5. The number of benzene rings is 1. The highest BCUT2D eigenvalue weighted by molar-refractivity contribution is 6.35. The minimum absolute atomic E-state index is 0.592. The van der Waals surface area contributed by atoms with Crippen LogP contribution in [-0.2, 0) is 13.0 Å². The van der Waals surface area contributed by atoms with Crippen LogP contribution in [0.2, 0.25) is 5.02 Å². The van der Waals surface area contributed by atoms with Crippen LogP contribution in [0, 0.1) is 18.8 Å². The van der Waals surface area contributed by atoms with E-state index in [0.717, 1.165) is 30.9 Å². The smallest absolute Gasteiger partial charge is 0.153 e. The molecule has 2 nitrogen and oxygen atoms in total. The normalized spacial score (nSPS) is 12.0. The van der Waals surface area contributed by atoms with Crippen LogP contribution in [-0.4, -0.2) is 6.54 Å². The first-order valence-corrected chi connectivity index (χ1v) is 8.17. The molecule has 0 spiro atoms. The summed E-state index contributed by atoms with van der Waals surface area (Å²) in [4.78, 5) is 0. The lowest BCUT2D eigenvalue weighted by molar-refractivity contribution is 0.476. The maximum Gasteiger partial charge on any atom is 0.153 e. The average molecular weight is 308 g/mol. The molecule has 3 heteroatoms. The Kier molecular flexibility index (Phi) is 5.34. The van der Waals surface area contributed by atoms with Gasteiger partial charge in [-0.3, -0.25) is 0 Å². The van der Waals surface area contributed by atoms with Gasteiger partial charge in [-0.25, -0.2) is 0 Å². The maximum atomic E-state index is 6.35. The van der Waals surface area contributed by atoms with Gasteiger partial charge in [0.05, 0.1) is 11.6 Å². The number of nitrogens with one attached hydrogen (secondary N) is 1. The van der Waals surface area contributed by atoms with Gasteiger partial charge in [-0.15, -0.1) is 0 Å². The molecule has 0 fully saturated rings. The van der Waals surface area contributed by atoms with Gasteiger partial charge in [0, 0.05) is 10.9 Å². The number of fused-ring (bicyclic) bond motifs is 1. The molecule has 0 aliphatic heterocycles. The van der Waals surface area contributed by atoms with Crippen molar-refractivity contribution in [3.63, 3.8) is 0 Å². The van der Waals surface area contributed by atoms with Gasteiger partial charge < -0.3 is 9.73 Å². The molecule has 0 atom stereocenters. The Bertz CT molecular complexity index is 613. The molecule has 116 valence electrons. The third-order valence-corrected chi connectivity index (χ3v) is 3.81. The Morgan fingerprint density at radius 2 is 1.86 bits per heavy atom. The van der Waals surface area contributed by atoms with E-state index in [2.05, 4.69) is 46.0 Å². The number of rotatable bonds is 6. The van der Waals surface area contributed by atoms with E-state index in [1.165, 1.54) is 16.5 Å². The van der Waals surface area contributed by atoms with Gasteiger partial charge >= 0.3 is 0 Å². The van der Waals surface area contributed by atoms with Crippen LogP contribution in [0.15, 0.2) is 16.5 Å². The van der Waals surface area contributed by atoms with Gasteiger partial charge in [-0.2, -0.15) is 0 Å². The van der Waals surface area contributed by atoms with E-state index in [-0.39, 0.29) is 0 Å². The fourth-order valence-corrected chi connectivity index (χ4v) is 2.95. The molecule has 0 saturated heterocycles. The average Bonchev–Trinajstić information content (AvgIpc) is 2.67. The molecule has 0 radical (unpaired) electrons. The highest BCUT2D eigenvalue weighted by Gasteiger charge is 2.17. The Balaban J connectivity index is 2.40. The molecule has 0 unspecified atom stereocenters. The van der Waals surface area contributed by atoms with E-state index >= 15 is 0 Å². The first-order valence-electron chi connectivity index (χ1n) is 7.79. The van der Waals surface area contributed by atoms with Gasteiger partial charge in [-0.05, 0) is 49.4 Å². The van der Waals surface area contributed by atoms with Crippen LogP contribution in [0.25, 0.3) is 11.0 Å². The van der Waals surface area contributed by atoms with E-state index in [4.69, 9.17) is 16.0 Å². The van der Waals surface area contributed by atoms with Gasteiger partial charge in [0.15, 0.2) is 5.58 Å². The van der Waals surface area contributed by atoms with E-state index in [1.807, 2.05) is 6.07 Å². The molecule has 1 aromatic carbocycles. The van der Waals surface area contributed by atoms with Crippen molar-refractivity contribution in [2.45, 2.75) is 47.6 Å². The molecule has 2 rings (SSSR count). The molecule has 1 N–H and O–H groups in total. The van der Waals surface area contributed by atoms with Crippen molar-refractivity contribution in [1.29, 1.82) is 0 Å². The summed E-state index contributed by atoms with van der Waals surface area (Å²) < 4.78 is 6.07. The number of hydrogen-bond acceptors (Lipinski definition) is 2. The van der Waals surface area contributed by atoms with Crippen LogP contribution in [0.3, 0.4) is 0 Å². The minimum Gasteiger partial charge on any atom is -0.458 e. The molecule has 2 aromatic rings. The first-order chi connectivity index (χ1) is 9.88. The van der Waals surface area contributed by atoms with Crippen LogP contribution >= 0.6 is 11.6 Å². The van der Waals surface area contributed by atoms with Crippen LogP contribution in [0.1, 0.15) is 44.6 Å². The van der Waals surface area contributed by atoms with Crippen molar-refractivity contribution in [3.05, 3.63) is 34.0 Å². The van der Waals surface area contributed by atoms with Gasteiger partial charge in [-0.1, -0.05) is 39.3 Å². The van der Waals surface area contributed by atoms with Crippen molar-refractivity contribution >= 4 is 22.6 Å². The van der Waals surface area contributed by atoms with E-state index in [1.54, 1.807) is 0 Å². The van der Waals surface area contributed by atoms with Gasteiger partial charge in [0.2, 0.25) is 0 Å². The fourth-order valence-electron chi connectivity index (χ4n) is 2.64. The predicted molar refractivity (Wildman–Crippen MR) is 91.0 cm³/mol. The van der Waals surface area contributed by atoms with E-state index in [0.29, 0.717) is 16.9 Å². The molecule has 0 bridgehead atoms. The second-order valence-corrected chi connectivity index (χ2v) is 7.16. The van der Waals surface area contributed by atoms with Gasteiger partial charge in [0.25, 0.3) is 0 Å². The fraction of sp³-hybridized carbons (Fsp3) is 0.556. The summed E-state index contributed by atoms with van der Waals surface area (Å²) in [5, 5.41) is 5.36. The molecule has 1 aromatic heterocycles. The van der Waals surface area contributed by atoms with Gasteiger partial charge in [0.1, 0.15) is 5.76 Å². The molecule has 0 aliphatic carbocycles. The highest BCUT2D eigenvalue weighted by Crippen LogP contribution is 2.34. The zero-order valence-electron chi connectivity index (χ0n) is 13.7. The Hall–Kier alpha value is -0.990. The monoisotopic (exact) mass is 307 g/mol. The van der Waals surface area contributed by atoms with Crippen molar-refractivity contribution in [1.82, 2.24) is 5.32 Å². The largest absolute Gasteiger partial charge is 0.458 e. The Morgan fingerprint density at radius 3 is 2.48 bits per heavy atom. The lowest BCUT2D eigenvalue weighted by atomic mass is 9.99. The molecule has 0 saturated carbocycles. The minimum atomic E-state index is 0.592. The van der Waals surface area contributed by atoms with Crippen molar-refractivity contribution in [2.75, 3.05) is 6.54 Å². The number of halogens is 1. The second-order valence-electron chi connectivity index (χ2n) is 6.75. The quantitative estimate of drug-likeness (QED) is 0.779. The molecule has 1 heterocycles. The maximum absolute atomic E-state index is 6.35. The summed E-state index contributed by atoms with van der Waals surface area (Å²) in [6.07, 6.45) is 1.02. The van der Waals surface area contributed by atoms with Crippen LogP contribution in [0.5, 0.6) is 0 Å². The predicted octanol–water partition coefficient (Wildman–Crippen LogP) is 5.34. The van der Waals surface area contributed by atoms with Crippen molar-refractivity contribution < 1.29 is 4.42 Å². The summed E-state index contributed by atoms with van der Waals surface area (Å²) >= 11 is 6.35. The third kappa shape index (κ3) is 4.02. The Morgan fingerprint density at radius 1 is 1.14 bits per heavy atom. The summed E-state index contributed by atoms with van der Waals surface area (Å²) in [7, 11) is 0. The molecule has 21 heavy (non-hydrogen) atoms. The summed E-state index contributed by atoms with van der Waals surface area (Å²) in [6, 6.07) is 4.16. The van der Waals surface area contributed by atoms with Crippen LogP contribution in [0.4, 0.5) is 0 Å². The van der Waals surface area contributed by atoms with Crippen molar-refractivity contribution in [3.8, 4) is 0 Å². The summed E-state index contributed by atoms with van der Waals surface area (Å²) in [5.74, 6) is 2.26. The zero-order chi connectivity index (χ0) is 15.6. The van der Waals surface area contributed by atoms with Crippen LogP contribution < -0.4 is 5.32 Å². The number of aryl methyl sites for hydroxylation is 1. The zero-order valence-corrected chi connectivity index (χ0v) is 14.5. The standard InChI is InChI=1S/C18H26ClNO/c1-11(2)6-14-15-7-13(5)8-16(19)18(15)21-17(14)10-20-9-12(3)4/h7-8,11-12,20H,6,9-10H2,1-5H3. The summed E-state index contributed by atoms with van der Waals surface area (Å²) in [6.45, 7) is 12.7. The number of hydrogen-bond donors (Lipinski definition) is 1. The SMILES string of the molecule is Cc1cc(Cl)c2oc(CNCC(C)C)c(CC(C)C)c2c1. The summed E-state index contributed by atoms with van der Waals surface area (Å²) in [5.41, 5.74) is 3.32. The van der Waals surface area contributed by atoms with Crippen molar-refractivity contribution in [2.24, 2.45) is 11.8 Å². The van der Waals surface area contributed by atoms with E-state index in [9.17, 15) is 0 Å². The molecule has 0 amide bonds.